The third-order valence-electron chi connectivity index (χ3n) is 5.49. The second kappa shape index (κ2) is 33.3. The van der Waals surface area contributed by atoms with Crippen LogP contribution in [0, 0.1) is 5.41 Å². The number of aliphatic hydroxyl groups is 3. The Kier molecular flexibility index (Phi) is 38.3. The third-order valence-corrected chi connectivity index (χ3v) is 5.49. The van der Waals surface area contributed by atoms with Gasteiger partial charge in [0.2, 0.25) is 0 Å². The number of aliphatic carboxylic acids is 3. The average molecular weight is 525 g/mol. The zero-order valence-electron chi connectivity index (χ0n) is 23.3. The first kappa shape index (κ1) is 41.4. The number of carboxylic acids is 3. The van der Waals surface area contributed by atoms with Gasteiger partial charge < -0.3 is 30.6 Å². The molecule has 0 saturated heterocycles. The van der Waals surface area contributed by atoms with Crippen molar-refractivity contribution in [1.82, 2.24) is 0 Å². The van der Waals surface area contributed by atoms with Crippen LogP contribution in [0.5, 0.6) is 0 Å². The van der Waals surface area contributed by atoms with E-state index in [1.807, 2.05) is 13.8 Å². The molecule has 0 aliphatic heterocycles. The minimum atomic E-state index is -0.693. The molecule has 0 aromatic carbocycles. The van der Waals surface area contributed by atoms with Gasteiger partial charge in [0.25, 0.3) is 0 Å². The fourth-order valence-corrected chi connectivity index (χ4v) is 2.57. The maximum Gasteiger partial charge on any atom is 0.303 e. The predicted octanol–water partition coefficient (Wildman–Crippen LogP) is 5.48. The molecule has 218 valence electrons. The number of carboxylic acid groups (broad SMARTS) is 3. The number of rotatable bonds is 19. The van der Waals surface area contributed by atoms with Crippen molar-refractivity contribution in [2.75, 3.05) is 19.8 Å². The summed E-state index contributed by atoms with van der Waals surface area (Å²) in [6.45, 7) is 7.63. The SMILES string of the molecule is CCC(CO)(CO)CO.CCCCC(=O)O.CCCCCCCC(=O)O.CCCCCCCC(=O)O. The summed E-state index contributed by atoms with van der Waals surface area (Å²) in [4.78, 5) is 29.8. The van der Waals surface area contributed by atoms with E-state index in [0.29, 0.717) is 25.7 Å². The Labute approximate surface area is 218 Å². The van der Waals surface area contributed by atoms with Crippen molar-refractivity contribution < 1.29 is 45.0 Å². The highest BCUT2D eigenvalue weighted by molar-refractivity contribution is 5.67. The molecule has 0 aliphatic rings. The van der Waals surface area contributed by atoms with E-state index in [0.717, 1.165) is 38.5 Å². The van der Waals surface area contributed by atoms with Gasteiger partial charge in [-0.05, 0) is 25.7 Å². The lowest BCUT2D eigenvalue weighted by atomic mass is 9.88. The van der Waals surface area contributed by atoms with Gasteiger partial charge in [0, 0.05) is 24.7 Å². The Balaban J connectivity index is -0.000000191. The molecule has 0 bridgehead atoms. The fourth-order valence-electron chi connectivity index (χ4n) is 2.57. The van der Waals surface area contributed by atoms with Gasteiger partial charge in [-0.15, -0.1) is 0 Å². The third kappa shape index (κ3) is 39.5. The number of hydrogen-bond acceptors (Lipinski definition) is 6. The van der Waals surface area contributed by atoms with Gasteiger partial charge in [0.1, 0.15) is 0 Å². The smallest absolute Gasteiger partial charge is 0.303 e. The first-order valence-corrected chi connectivity index (χ1v) is 13.5. The van der Waals surface area contributed by atoms with E-state index in [1.54, 1.807) is 0 Å². The fraction of sp³-hybridized carbons (Fsp3) is 0.889. The van der Waals surface area contributed by atoms with Crippen molar-refractivity contribution >= 4 is 17.9 Å². The summed E-state index contributed by atoms with van der Waals surface area (Å²) in [7, 11) is 0. The Hall–Kier alpha value is -1.71. The number of hydrogen-bond donors (Lipinski definition) is 6. The second-order valence-electron chi connectivity index (χ2n) is 8.94. The zero-order valence-corrected chi connectivity index (χ0v) is 23.3. The van der Waals surface area contributed by atoms with E-state index in [1.165, 1.54) is 38.5 Å². The molecule has 36 heavy (non-hydrogen) atoms. The summed E-state index contributed by atoms with van der Waals surface area (Å²) >= 11 is 0. The molecule has 0 fully saturated rings. The van der Waals surface area contributed by atoms with E-state index in [2.05, 4.69) is 13.8 Å². The molecule has 0 aromatic rings. The minimum absolute atomic E-state index is 0.156. The summed E-state index contributed by atoms with van der Waals surface area (Å²) in [5.74, 6) is -2.03. The lowest BCUT2D eigenvalue weighted by molar-refractivity contribution is -0.138. The molecule has 0 aliphatic carbocycles. The van der Waals surface area contributed by atoms with Crippen LogP contribution in [0.2, 0.25) is 0 Å². The zero-order chi connectivity index (χ0) is 28.7. The van der Waals surface area contributed by atoms with Crippen molar-refractivity contribution in [2.24, 2.45) is 5.41 Å². The van der Waals surface area contributed by atoms with Gasteiger partial charge in [0.15, 0.2) is 0 Å². The second-order valence-corrected chi connectivity index (χ2v) is 8.94. The van der Waals surface area contributed by atoms with Crippen molar-refractivity contribution in [1.29, 1.82) is 0 Å². The molecule has 0 heterocycles. The van der Waals surface area contributed by atoms with Crippen LogP contribution in [0.4, 0.5) is 0 Å². The van der Waals surface area contributed by atoms with Crippen LogP contribution in [0.3, 0.4) is 0 Å². The van der Waals surface area contributed by atoms with Crippen LogP contribution >= 0.6 is 0 Å². The first-order chi connectivity index (χ1) is 17.1. The quantitative estimate of drug-likeness (QED) is 0.120. The van der Waals surface area contributed by atoms with Crippen molar-refractivity contribution in [3.8, 4) is 0 Å². The van der Waals surface area contributed by atoms with E-state index >= 15 is 0 Å². The van der Waals surface area contributed by atoms with Crippen LogP contribution in [0.25, 0.3) is 0 Å². The molecule has 9 heteroatoms. The highest BCUT2D eigenvalue weighted by Gasteiger charge is 2.24. The first-order valence-electron chi connectivity index (χ1n) is 13.5. The van der Waals surface area contributed by atoms with Crippen molar-refractivity contribution in [2.45, 2.75) is 130 Å². The summed E-state index contributed by atoms with van der Waals surface area (Å²) in [5, 5.41) is 50.6. The molecule has 0 spiro atoms. The maximum atomic E-state index is 10.0. The van der Waals surface area contributed by atoms with Gasteiger partial charge in [0.05, 0.1) is 19.8 Å². The van der Waals surface area contributed by atoms with E-state index in [9.17, 15) is 14.4 Å². The Morgan fingerprint density at radius 1 is 0.472 bits per heavy atom. The highest BCUT2D eigenvalue weighted by atomic mass is 16.4. The molecule has 0 aromatic heterocycles. The lowest BCUT2D eigenvalue weighted by Gasteiger charge is -2.24. The standard InChI is InChI=1S/2C8H16O2.C6H14O3.C5H10O2/c2*1-2-3-4-5-6-7-8(9)10;1-2-6(3-7,4-8)5-9;1-2-3-4-5(6)7/h2*2-7H2,1H3,(H,9,10);7-9H,2-5H2,1H3;2-4H2,1H3,(H,6,7). The van der Waals surface area contributed by atoms with Crippen molar-refractivity contribution in [3.05, 3.63) is 0 Å². The van der Waals surface area contributed by atoms with Crippen LogP contribution in [0.15, 0.2) is 0 Å². The number of unbranched alkanes of at least 4 members (excludes halogenated alkanes) is 9. The van der Waals surface area contributed by atoms with Gasteiger partial charge in [-0.25, -0.2) is 0 Å². The number of aliphatic hydroxyl groups excluding tert-OH is 3. The van der Waals surface area contributed by atoms with E-state index in [-0.39, 0.29) is 19.8 Å². The van der Waals surface area contributed by atoms with Crippen LogP contribution in [0.1, 0.15) is 130 Å². The van der Waals surface area contributed by atoms with Crippen LogP contribution in [-0.4, -0.2) is 68.4 Å². The molecule has 0 unspecified atom stereocenters. The highest BCUT2D eigenvalue weighted by Crippen LogP contribution is 2.18. The molecule has 0 radical (unpaired) electrons. The van der Waals surface area contributed by atoms with Gasteiger partial charge in [-0.2, -0.15) is 0 Å². The van der Waals surface area contributed by atoms with Gasteiger partial charge in [-0.3, -0.25) is 14.4 Å². The van der Waals surface area contributed by atoms with Crippen LogP contribution in [-0.2, 0) is 14.4 Å². The van der Waals surface area contributed by atoms with Gasteiger partial charge >= 0.3 is 17.9 Å². The largest absolute Gasteiger partial charge is 0.481 e. The number of carbonyl (C=O) groups is 3. The Morgan fingerprint density at radius 3 is 0.917 bits per heavy atom. The van der Waals surface area contributed by atoms with E-state index < -0.39 is 23.3 Å². The summed E-state index contributed by atoms with van der Waals surface area (Å²) in [5.41, 5.74) is -0.667. The molecule has 0 saturated carbocycles. The molecular weight excluding hydrogens is 468 g/mol. The maximum absolute atomic E-state index is 10.0. The molecule has 0 rings (SSSR count). The monoisotopic (exact) mass is 524 g/mol. The predicted molar refractivity (Wildman–Crippen MR) is 143 cm³/mol. The van der Waals surface area contributed by atoms with Crippen LogP contribution < -0.4 is 0 Å². The molecule has 9 nitrogen and oxygen atoms in total. The molecule has 0 atom stereocenters. The average Bonchev–Trinajstić information content (AvgIpc) is 2.85. The summed E-state index contributed by atoms with van der Waals surface area (Å²) < 4.78 is 0. The normalized spacial score (nSPS) is 10.1. The Morgan fingerprint density at radius 2 is 0.750 bits per heavy atom. The van der Waals surface area contributed by atoms with E-state index in [4.69, 9.17) is 30.6 Å². The Bertz CT molecular complexity index is 436. The minimum Gasteiger partial charge on any atom is -0.481 e. The summed E-state index contributed by atoms with van der Waals surface area (Å²) in [6.07, 6.45) is 14.4. The molecule has 6 N–H and O–H groups in total. The molecule has 0 amide bonds. The van der Waals surface area contributed by atoms with Gasteiger partial charge in [-0.1, -0.05) is 85.5 Å². The summed E-state index contributed by atoms with van der Waals surface area (Å²) in [6, 6.07) is 0. The molecular formula is C27H56O9. The lowest BCUT2D eigenvalue weighted by Crippen LogP contribution is -2.32. The topological polar surface area (TPSA) is 173 Å². The van der Waals surface area contributed by atoms with Crippen molar-refractivity contribution in [3.63, 3.8) is 0 Å².